The average Bonchev–Trinajstić information content (AvgIpc) is 3.49. The second-order valence-corrected chi connectivity index (χ2v) is 8.91. The first kappa shape index (κ1) is 23.9. The highest BCUT2D eigenvalue weighted by Crippen LogP contribution is 2.32. The van der Waals surface area contributed by atoms with Crippen LogP contribution in [0.4, 0.5) is 5.69 Å². The van der Waals surface area contributed by atoms with Crippen LogP contribution in [0, 0.1) is 0 Å². The Morgan fingerprint density at radius 3 is 2.56 bits per heavy atom. The van der Waals surface area contributed by atoms with E-state index in [0.717, 1.165) is 0 Å². The molecule has 0 saturated heterocycles. The minimum Gasteiger partial charge on any atom is -0.495 e. The predicted octanol–water partition coefficient (Wildman–Crippen LogP) is 7.30. The summed E-state index contributed by atoms with van der Waals surface area (Å²) in [7, 11) is 1.55. The van der Waals surface area contributed by atoms with Crippen LogP contribution in [0.5, 0.6) is 5.75 Å². The number of halogens is 3. The van der Waals surface area contributed by atoms with Crippen molar-refractivity contribution in [3.8, 4) is 22.8 Å². The van der Waals surface area contributed by atoms with Crippen LogP contribution in [0.1, 0.15) is 5.76 Å². The monoisotopic (exact) mass is 538 g/mol. The molecule has 0 aliphatic heterocycles. The first-order chi connectivity index (χ1) is 17.4. The number of hydrogen-bond donors (Lipinski definition) is 1. The zero-order chi connectivity index (χ0) is 25.2. The summed E-state index contributed by atoms with van der Waals surface area (Å²) >= 11 is 18.4. The zero-order valence-electron chi connectivity index (χ0n) is 18.7. The molecule has 1 amide bonds. The molecule has 0 aliphatic carbocycles. The van der Waals surface area contributed by atoms with Gasteiger partial charge in [-0.2, -0.15) is 4.80 Å². The SMILES string of the molecule is COc1ccc(-n2nc3ccc(NC(=O)/C=C/c4ccc(-c5ccc(Cl)cc5Cl)o4)cc3n2)cc1Cl. The van der Waals surface area contributed by atoms with E-state index in [2.05, 4.69) is 15.5 Å². The first-order valence-corrected chi connectivity index (χ1v) is 11.8. The van der Waals surface area contributed by atoms with Crippen molar-refractivity contribution in [2.24, 2.45) is 0 Å². The van der Waals surface area contributed by atoms with E-state index >= 15 is 0 Å². The number of nitrogens with one attached hydrogen (secondary N) is 1. The normalized spacial score (nSPS) is 11.3. The van der Waals surface area contributed by atoms with Crippen LogP contribution < -0.4 is 10.1 Å². The maximum atomic E-state index is 12.5. The number of rotatable bonds is 6. The number of aromatic nitrogens is 3. The molecule has 10 heteroatoms. The van der Waals surface area contributed by atoms with Crippen LogP contribution in [0.25, 0.3) is 34.1 Å². The first-order valence-electron chi connectivity index (χ1n) is 10.6. The average molecular weight is 540 g/mol. The fourth-order valence-electron chi connectivity index (χ4n) is 3.51. The molecule has 0 spiro atoms. The second kappa shape index (κ2) is 10.1. The topological polar surface area (TPSA) is 82.2 Å². The molecule has 1 N–H and O–H groups in total. The number of ether oxygens (including phenoxy) is 1. The third kappa shape index (κ3) is 5.09. The number of amides is 1. The molecule has 0 atom stereocenters. The zero-order valence-corrected chi connectivity index (χ0v) is 21.0. The number of nitrogens with zero attached hydrogens (tertiary/aromatic N) is 3. The fraction of sp³-hybridized carbons (Fsp3) is 0.0385. The molecule has 36 heavy (non-hydrogen) atoms. The number of carbonyl (C=O) groups is 1. The Balaban J connectivity index is 1.28. The molecule has 0 unspecified atom stereocenters. The number of carbonyl (C=O) groups excluding carboxylic acids is 1. The Morgan fingerprint density at radius 2 is 1.78 bits per heavy atom. The maximum absolute atomic E-state index is 12.5. The Morgan fingerprint density at radius 1 is 0.944 bits per heavy atom. The third-order valence-electron chi connectivity index (χ3n) is 5.24. The smallest absolute Gasteiger partial charge is 0.248 e. The lowest BCUT2D eigenvalue weighted by atomic mass is 10.2. The van der Waals surface area contributed by atoms with Gasteiger partial charge in [-0.1, -0.05) is 34.8 Å². The largest absolute Gasteiger partial charge is 0.495 e. The van der Waals surface area contributed by atoms with Crippen LogP contribution in [0.2, 0.25) is 15.1 Å². The summed E-state index contributed by atoms with van der Waals surface area (Å²) in [6.07, 6.45) is 2.96. The van der Waals surface area contributed by atoms with Gasteiger partial charge in [-0.05, 0) is 72.8 Å². The van der Waals surface area contributed by atoms with E-state index in [1.54, 1.807) is 79.9 Å². The third-order valence-corrected chi connectivity index (χ3v) is 6.08. The van der Waals surface area contributed by atoms with E-state index in [-0.39, 0.29) is 5.91 Å². The second-order valence-electron chi connectivity index (χ2n) is 7.66. The number of anilines is 1. The van der Waals surface area contributed by atoms with Crippen molar-refractivity contribution in [1.82, 2.24) is 15.0 Å². The maximum Gasteiger partial charge on any atom is 0.248 e. The molecular weight excluding hydrogens is 523 g/mol. The van der Waals surface area contributed by atoms with Gasteiger partial charge in [0.05, 0.1) is 22.8 Å². The lowest BCUT2D eigenvalue weighted by Gasteiger charge is -2.04. The highest BCUT2D eigenvalue weighted by atomic mass is 35.5. The quantitative estimate of drug-likeness (QED) is 0.229. The number of furan rings is 1. The van der Waals surface area contributed by atoms with Gasteiger partial charge in [-0.3, -0.25) is 4.79 Å². The number of benzene rings is 3. The van der Waals surface area contributed by atoms with E-state index in [4.69, 9.17) is 44.0 Å². The van der Waals surface area contributed by atoms with Crippen molar-refractivity contribution in [1.29, 1.82) is 0 Å². The Labute approximate surface area is 220 Å². The van der Waals surface area contributed by atoms with E-state index < -0.39 is 0 Å². The molecular formula is C26H17Cl3N4O3. The molecule has 0 radical (unpaired) electrons. The van der Waals surface area contributed by atoms with Crippen molar-refractivity contribution < 1.29 is 13.9 Å². The molecule has 0 aliphatic rings. The van der Waals surface area contributed by atoms with Gasteiger partial charge in [0.1, 0.15) is 28.3 Å². The Kier molecular flexibility index (Phi) is 6.69. The molecule has 0 fully saturated rings. The van der Waals surface area contributed by atoms with Gasteiger partial charge < -0.3 is 14.5 Å². The number of hydrogen-bond acceptors (Lipinski definition) is 5. The molecule has 2 aromatic heterocycles. The summed E-state index contributed by atoms with van der Waals surface area (Å²) in [5.41, 5.74) is 3.25. The van der Waals surface area contributed by atoms with E-state index in [1.807, 2.05) is 0 Å². The highest BCUT2D eigenvalue weighted by molar-refractivity contribution is 6.36. The summed E-state index contributed by atoms with van der Waals surface area (Å²) < 4.78 is 11.0. The van der Waals surface area contributed by atoms with E-state index in [9.17, 15) is 4.79 Å². The van der Waals surface area contributed by atoms with Crippen LogP contribution in [-0.4, -0.2) is 28.0 Å². The number of methoxy groups -OCH3 is 1. The van der Waals surface area contributed by atoms with E-state index in [0.29, 0.717) is 60.3 Å². The van der Waals surface area contributed by atoms with Gasteiger partial charge in [-0.25, -0.2) is 0 Å². The van der Waals surface area contributed by atoms with Gasteiger partial charge >= 0.3 is 0 Å². The minimum absolute atomic E-state index is 0.328. The van der Waals surface area contributed by atoms with Crippen LogP contribution in [0.15, 0.2) is 77.2 Å². The summed E-state index contributed by atoms with van der Waals surface area (Å²) in [5.74, 6) is 1.31. The molecule has 2 heterocycles. The van der Waals surface area contributed by atoms with Gasteiger partial charge in [-0.15, -0.1) is 10.2 Å². The van der Waals surface area contributed by atoms with Crippen LogP contribution in [0.3, 0.4) is 0 Å². The van der Waals surface area contributed by atoms with E-state index in [1.165, 1.54) is 10.9 Å². The van der Waals surface area contributed by atoms with Crippen LogP contribution in [-0.2, 0) is 4.79 Å². The van der Waals surface area contributed by atoms with Crippen molar-refractivity contribution in [3.05, 3.63) is 93.6 Å². The molecule has 180 valence electrons. The molecule has 5 rings (SSSR count). The summed E-state index contributed by atoms with van der Waals surface area (Å²) in [6, 6.07) is 19.2. The molecule has 0 saturated carbocycles. The van der Waals surface area contributed by atoms with Crippen molar-refractivity contribution in [3.63, 3.8) is 0 Å². The van der Waals surface area contributed by atoms with Gasteiger partial charge in [0.2, 0.25) is 5.91 Å². The lowest BCUT2D eigenvalue weighted by molar-refractivity contribution is -0.111. The summed E-state index contributed by atoms with van der Waals surface area (Å²) in [6.45, 7) is 0. The van der Waals surface area contributed by atoms with Gasteiger partial charge in [0.25, 0.3) is 0 Å². The molecule has 7 nitrogen and oxygen atoms in total. The van der Waals surface area contributed by atoms with Gasteiger partial charge in [0, 0.05) is 22.3 Å². The summed E-state index contributed by atoms with van der Waals surface area (Å²) in [5, 5.41) is 13.2. The lowest BCUT2D eigenvalue weighted by Crippen LogP contribution is -2.07. The van der Waals surface area contributed by atoms with Gasteiger partial charge in [0.15, 0.2) is 0 Å². The standard InChI is InChI=1S/C26H17Cl3N4O3/c1-35-25-9-4-17(14-21(25)29)33-31-22-8-3-16(13-23(22)32-33)30-26(34)11-6-18-5-10-24(36-18)19-7-2-15(27)12-20(19)28/h2-14H,1H3,(H,30,34)/b11-6+. The molecule has 3 aromatic carbocycles. The Bertz CT molecular complexity index is 1620. The van der Waals surface area contributed by atoms with Crippen molar-refractivity contribution in [2.75, 3.05) is 12.4 Å². The summed E-state index contributed by atoms with van der Waals surface area (Å²) in [4.78, 5) is 13.9. The predicted molar refractivity (Wildman–Crippen MR) is 142 cm³/mol. The van der Waals surface area contributed by atoms with Crippen LogP contribution >= 0.6 is 34.8 Å². The fourth-order valence-corrected chi connectivity index (χ4v) is 4.26. The minimum atomic E-state index is -0.328. The van der Waals surface area contributed by atoms with Crippen molar-refractivity contribution >= 4 is 63.5 Å². The Hall–Kier alpha value is -3.78. The highest BCUT2D eigenvalue weighted by Gasteiger charge is 2.10. The molecule has 0 bridgehead atoms. The number of fused-ring (bicyclic) bond motifs is 1. The van der Waals surface area contributed by atoms with Crippen molar-refractivity contribution in [2.45, 2.75) is 0 Å². The molecule has 5 aromatic rings.